The van der Waals surface area contributed by atoms with Crippen molar-refractivity contribution in [3.63, 3.8) is 0 Å². The molecule has 9 rings (SSSR count). The Hall–Kier alpha value is -8.92. The number of ether oxygens (including phenoxy) is 10. The largest absolute Gasteiger partial charge is 0.459 e. The van der Waals surface area contributed by atoms with Gasteiger partial charge in [-0.3, -0.25) is 4.52 Å². The first-order chi connectivity index (χ1) is 41.0. The Morgan fingerprint density at radius 1 is 0.341 bits per heavy atom. The lowest BCUT2D eigenvalue weighted by Crippen LogP contribution is -2.63. The molecule has 0 saturated carbocycles. The second-order valence-electron chi connectivity index (χ2n) is 18.5. The van der Waals surface area contributed by atoms with E-state index >= 15 is 0 Å². The van der Waals surface area contributed by atoms with Crippen molar-refractivity contribution in [3.05, 3.63) is 251 Å². The van der Waals surface area contributed by atoms with E-state index in [-0.39, 0.29) is 47.4 Å². The average Bonchev–Trinajstić information content (AvgIpc) is 3.18. The Kier molecular flexibility index (Phi) is 22.4. The molecule has 2 aliphatic rings. The lowest BCUT2D eigenvalue weighted by molar-refractivity contribution is -0.292. The summed E-state index contributed by atoms with van der Waals surface area (Å²) in [5.41, 5.74) is 0.623. The fourth-order valence-electron chi connectivity index (χ4n) is 8.86. The summed E-state index contributed by atoms with van der Waals surface area (Å²) >= 11 is 0. The van der Waals surface area contributed by atoms with E-state index in [1.54, 1.807) is 127 Å². The lowest BCUT2D eigenvalue weighted by atomic mass is 9.97. The van der Waals surface area contributed by atoms with Gasteiger partial charge in [-0.15, -0.1) is 0 Å². The minimum atomic E-state index is -2.79. The van der Waals surface area contributed by atoms with Gasteiger partial charge in [0.15, 0.2) is 42.9 Å². The Bertz CT molecular complexity index is 3300. The van der Waals surface area contributed by atoms with Crippen LogP contribution in [0.3, 0.4) is 0 Å². The van der Waals surface area contributed by atoms with Gasteiger partial charge in [-0.25, -0.2) is 33.6 Å². The second-order valence-corrected chi connectivity index (χ2v) is 19.8. The third kappa shape index (κ3) is 16.3. The molecule has 2 aliphatic heterocycles. The monoisotopic (exact) mass is 1170 g/mol. The Balaban J connectivity index is 0.00000940. The Labute approximate surface area is 491 Å². The average molecular weight is 1170 g/mol. The Morgan fingerprint density at radius 3 is 0.906 bits per heavy atom. The molecular formula is C63H55BO20P. The van der Waals surface area contributed by atoms with Crippen LogP contribution in [0.5, 0.6) is 0 Å². The normalized spacial score (nSPS) is 21.9. The lowest BCUT2D eigenvalue weighted by Gasteiger charge is -2.45. The van der Waals surface area contributed by atoms with E-state index in [9.17, 15) is 33.6 Å². The Morgan fingerprint density at radius 2 is 0.600 bits per heavy atom. The van der Waals surface area contributed by atoms with Crippen LogP contribution in [0.4, 0.5) is 0 Å². The first-order valence-electron chi connectivity index (χ1n) is 26.2. The maximum absolute atomic E-state index is 14.3. The molecule has 0 bridgehead atoms. The molecule has 2 fully saturated rings. The number of hydrogen-bond acceptors (Lipinski definition) is 20. The van der Waals surface area contributed by atoms with E-state index in [4.69, 9.17) is 60.9 Å². The standard InChI is InChI=1S/C63H55O20P.B/c1-71-62-53(81-60(69)45-34-20-8-21-35-45)51(79-58(67)43-30-16-6-17-31-43)50(78-57(66)42-28-14-5-15-29-42)48(75-62)39-74-84(72-2)83-63-54(82-61(70)46-36-22-9-23-37-46)52(80-59(68)44-32-18-7-19-33-44)49(77-56(65)41-26-12-4-13-27-41)47(76-63)38-73-55(64)40-24-10-3-11-25-40;/h3-37,47-54,62-63H,38-39H2,1-2H3;/t47-,48-,49-,50-,51+,52+,53-,54-,62+,63+,84?;/m1./s1. The SMILES string of the molecule is CO[C@H]1O[C@H](COP(OC)O[C@@H]2O[C@H](COC(=O)c3ccccc3)[C@@H](OC(=O)c3ccccc3)[C@H](OC(=O)c3ccccc3)[C@H]2OC(=O)c2ccccc2)[C@@H](OC(=O)c2ccccc2)[C@H](OC(=O)c2ccccc2)[C@H]1OC(=O)c1ccccc1.[B]. The molecular weight excluding hydrogens is 1120 g/mol. The summed E-state index contributed by atoms with van der Waals surface area (Å²) in [5.74, 6) is -6.32. The van der Waals surface area contributed by atoms with Crippen molar-refractivity contribution in [1.82, 2.24) is 0 Å². The van der Waals surface area contributed by atoms with Crippen molar-refractivity contribution in [2.24, 2.45) is 0 Å². The highest BCUT2D eigenvalue weighted by molar-refractivity contribution is 7.41. The molecule has 0 N–H and O–H groups in total. The molecule has 0 aliphatic carbocycles. The molecule has 7 aromatic carbocycles. The van der Waals surface area contributed by atoms with Crippen LogP contribution in [0, 0.1) is 0 Å². The zero-order valence-corrected chi connectivity index (χ0v) is 46.5. The van der Waals surface area contributed by atoms with Crippen molar-refractivity contribution in [3.8, 4) is 0 Å². The summed E-state index contributed by atoms with van der Waals surface area (Å²) < 4.78 is 80.0. The van der Waals surface area contributed by atoms with Crippen LogP contribution in [0.25, 0.3) is 0 Å². The molecule has 11 atom stereocenters. The summed E-state index contributed by atoms with van der Waals surface area (Å²) in [6.45, 7) is -1.32. The molecule has 7 aromatic rings. The van der Waals surface area contributed by atoms with Gasteiger partial charge >= 0.3 is 50.4 Å². The van der Waals surface area contributed by atoms with Crippen molar-refractivity contribution in [2.45, 2.75) is 61.4 Å². The van der Waals surface area contributed by atoms with Crippen LogP contribution >= 0.6 is 8.60 Å². The first kappa shape index (κ1) is 62.1. The zero-order chi connectivity index (χ0) is 58.8. The molecule has 0 aromatic heterocycles. The number of carbonyl (C=O) groups excluding carboxylic acids is 7. The summed E-state index contributed by atoms with van der Waals surface area (Å²) in [6, 6.07) is 55.1. The highest BCUT2D eigenvalue weighted by Crippen LogP contribution is 2.45. The van der Waals surface area contributed by atoms with Gasteiger partial charge in [-0.1, -0.05) is 127 Å². The molecule has 435 valence electrons. The van der Waals surface area contributed by atoms with E-state index in [1.165, 1.54) is 99.1 Å². The number of rotatable bonds is 22. The third-order valence-corrected chi connectivity index (χ3v) is 14.0. The van der Waals surface area contributed by atoms with E-state index in [1.807, 2.05) is 0 Å². The maximum atomic E-state index is 14.3. The fraction of sp³-hybridized carbons (Fsp3) is 0.222. The van der Waals surface area contributed by atoms with Crippen molar-refractivity contribution >= 4 is 58.8 Å². The van der Waals surface area contributed by atoms with Gasteiger partial charge in [0, 0.05) is 22.6 Å². The fourth-order valence-corrected chi connectivity index (χ4v) is 9.72. The molecule has 0 spiro atoms. The summed E-state index contributed by atoms with van der Waals surface area (Å²) in [5, 5.41) is 0. The number of benzene rings is 7. The second kappa shape index (κ2) is 30.6. The predicted octanol–water partition coefficient (Wildman–Crippen LogP) is 8.82. The minimum absolute atomic E-state index is 0. The number of esters is 7. The van der Waals surface area contributed by atoms with Crippen LogP contribution in [-0.4, -0.2) is 139 Å². The number of methoxy groups -OCH3 is 1. The highest BCUT2D eigenvalue weighted by atomic mass is 31.2. The van der Waals surface area contributed by atoms with Crippen LogP contribution in [0.2, 0.25) is 0 Å². The zero-order valence-electron chi connectivity index (χ0n) is 45.6. The van der Waals surface area contributed by atoms with Gasteiger partial charge in [0.05, 0.1) is 45.6 Å². The van der Waals surface area contributed by atoms with Crippen LogP contribution in [-0.2, 0) is 60.9 Å². The molecule has 20 nitrogen and oxygen atoms in total. The van der Waals surface area contributed by atoms with E-state index in [0.29, 0.717) is 0 Å². The molecule has 0 amide bonds. The summed E-state index contributed by atoms with van der Waals surface area (Å²) in [4.78, 5) is 98.3. The van der Waals surface area contributed by atoms with E-state index < -0.39 is 125 Å². The molecule has 2 saturated heterocycles. The minimum Gasteiger partial charge on any atom is -0.459 e. The van der Waals surface area contributed by atoms with Gasteiger partial charge in [0.1, 0.15) is 18.8 Å². The van der Waals surface area contributed by atoms with E-state index in [0.717, 1.165) is 0 Å². The van der Waals surface area contributed by atoms with E-state index in [2.05, 4.69) is 0 Å². The summed E-state index contributed by atoms with van der Waals surface area (Å²) in [6.07, 6.45) is -16.8. The molecule has 85 heavy (non-hydrogen) atoms. The molecule has 3 radical (unpaired) electrons. The number of hydrogen-bond donors (Lipinski definition) is 0. The molecule has 1 unspecified atom stereocenters. The van der Waals surface area contributed by atoms with Crippen LogP contribution in [0.1, 0.15) is 72.5 Å². The van der Waals surface area contributed by atoms with Gasteiger partial charge in [-0.2, -0.15) is 0 Å². The molecule has 2 heterocycles. The van der Waals surface area contributed by atoms with Crippen molar-refractivity contribution in [2.75, 3.05) is 27.4 Å². The predicted molar refractivity (Wildman–Crippen MR) is 302 cm³/mol. The van der Waals surface area contributed by atoms with Crippen LogP contribution in [0.15, 0.2) is 212 Å². The van der Waals surface area contributed by atoms with Gasteiger partial charge in [0.2, 0.25) is 6.29 Å². The number of carbonyl (C=O) groups is 7. The smallest absolute Gasteiger partial charge is 0.338 e. The van der Waals surface area contributed by atoms with Crippen LogP contribution < -0.4 is 0 Å². The first-order valence-corrected chi connectivity index (χ1v) is 27.3. The van der Waals surface area contributed by atoms with Crippen molar-refractivity contribution in [1.29, 1.82) is 0 Å². The summed E-state index contributed by atoms with van der Waals surface area (Å²) in [7, 11) is -0.340. The topological polar surface area (TPSA) is 239 Å². The third-order valence-electron chi connectivity index (χ3n) is 13.0. The highest BCUT2D eigenvalue weighted by Gasteiger charge is 2.56. The maximum Gasteiger partial charge on any atom is 0.338 e. The quantitative estimate of drug-likeness (QED) is 0.0266. The van der Waals surface area contributed by atoms with Gasteiger partial charge < -0.3 is 56.4 Å². The van der Waals surface area contributed by atoms with Crippen molar-refractivity contribution < 1.29 is 94.5 Å². The van der Waals surface area contributed by atoms with Gasteiger partial charge in [0.25, 0.3) is 0 Å². The van der Waals surface area contributed by atoms with Gasteiger partial charge in [-0.05, 0) is 84.9 Å². The molecule has 22 heteroatoms.